The zero-order chi connectivity index (χ0) is 12.3. The zero-order valence-electron chi connectivity index (χ0n) is 9.69. The third-order valence-corrected chi connectivity index (χ3v) is 3.20. The number of aromatic nitrogens is 2. The molecule has 0 bridgehead atoms. The molecule has 1 N–H and O–H groups in total. The first-order valence-corrected chi connectivity index (χ1v) is 6.09. The molecule has 0 aliphatic carbocycles. The highest BCUT2D eigenvalue weighted by Crippen LogP contribution is 2.16. The van der Waals surface area contributed by atoms with Gasteiger partial charge in [-0.15, -0.1) is 11.3 Å². The summed E-state index contributed by atoms with van der Waals surface area (Å²) in [7, 11) is 0. The van der Waals surface area contributed by atoms with Crippen LogP contribution in [0.5, 0.6) is 0 Å². The molecule has 0 saturated heterocycles. The Morgan fingerprint density at radius 2 is 2.29 bits per heavy atom. The van der Waals surface area contributed by atoms with Crippen molar-refractivity contribution in [2.24, 2.45) is 0 Å². The predicted molar refractivity (Wildman–Crippen MR) is 67.9 cm³/mol. The van der Waals surface area contributed by atoms with E-state index in [0.29, 0.717) is 17.9 Å². The highest BCUT2D eigenvalue weighted by molar-refractivity contribution is 7.09. The van der Waals surface area contributed by atoms with Gasteiger partial charge in [0.15, 0.2) is 0 Å². The van der Waals surface area contributed by atoms with E-state index in [1.807, 2.05) is 25.3 Å². The lowest BCUT2D eigenvalue weighted by atomic mass is 10.1. The van der Waals surface area contributed by atoms with Crippen LogP contribution < -0.4 is 5.32 Å². The maximum atomic E-state index is 9.06. The Morgan fingerprint density at radius 1 is 1.47 bits per heavy atom. The van der Waals surface area contributed by atoms with Gasteiger partial charge in [0.05, 0.1) is 22.8 Å². The van der Waals surface area contributed by atoms with E-state index in [2.05, 4.69) is 21.4 Å². The van der Waals surface area contributed by atoms with Crippen molar-refractivity contribution in [2.75, 3.05) is 5.32 Å². The van der Waals surface area contributed by atoms with Crippen molar-refractivity contribution in [3.05, 3.63) is 39.5 Å². The van der Waals surface area contributed by atoms with Crippen LogP contribution in [0.2, 0.25) is 0 Å². The number of hydrogen-bond acceptors (Lipinski definition) is 5. The average Bonchev–Trinajstić information content (AvgIpc) is 2.72. The zero-order valence-corrected chi connectivity index (χ0v) is 10.5. The number of hydrogen-bond donors (Lipinski definition) is 1. The summed E-state index contributed by atoms with van der Waals surface area (Å²) in [5.41, 5.74) is 2.50. The van der Waals surface area contributed by atoms with Gasteiger partial charge in [0, 0.05) is 11.6 Å². The minimum absolute atomic E-state index is 0.593. The summed E-state index contributed by atoms with van der Waals surface area (Å²) in [6.07, 6.45) is 1.70. The van der Waals surface area contributed by atoms with Crippen molar-refractivity contribution in [1.82, 2.24) is 9.97 Å². The molecule has 5 heteroatoms. The van der Waals surface area contributed by atoms with Gasteiger partial charge in [0.25, 0.3) is 0 Å². The van der Waals surface area contributed by atoms with Crippen molar-refractivity contribution in [1.29, 1.82) is 5.26 Å². The maximum absolute atomic E-state index is 9.06. The quantitative estimate of drug-likeness (QED) is 0.901. The summed E-state index contributed by atoms with van der Waals surface area (Å²) in [5, 5.41) is 15.2. The minimum Gasteiger partial charge on any atom is -0.363 e. The average molecular weight is 244 g/mol. The van der Waals surface area contributed by atoms with Crippen molar-refractivity contribution in [3.63, 3.8) is 0 Å². The summed E-state index contributed by atoms with van der Waals surface area (Å²) in [4.78, 5) is 8.52. The fourth-order valence-electron chi connectivity index (χ4n) is 1.50. The first kappa shape index (κ1) is 11.6. The van der Waals surface area contributed by atoms with E-state index in [4.69, 9.17) is 5.26 Å². The number of nitrogens with zero attached hydrogens (tertiary/aromatic N) is 3. The Labute approximate surface area is 104 Å². The third kappa shape index (κ3) is 2.60. The van der Waals surface area contributed by atoms with Crippen molar-refractivity contribution in [2.45, 2.75) is 20.4 Å². The van der Waals surface area contributed by atoms with E-state index in [9.17, 15) is 0 Å². The first-order valence-electron chi connectivity index (χ1n) is 5.21. The summed E-state index contributed by atoms with van der Waals surface area (Å²) in [5.74, 6) is 0.623. The first-order chi connectivity index (χ1) is 8.20. The molecular formula is C12H12N4S. The van der Waals surface area contributed by atoms with Gasteiger partial charge >= 0.3 is 0 Å². The van der Waals surface area contributed by atoms with Crippen LogP contribution in [0.15, 0.2) is 17.6 Å². The molecule has 0 fully saturated rings. The van der Waals surface area contributed by atoms with Gasteiger partial charge in [-0.1, -0.05) is 0 Å². The molecule has 0 atom stereocenters. The normalized spacial score (nSPS) is 9.94. The van der Waals surface area contributed by atoms with Gasteiger partial charge in [0.1, 0.15) is 11.9 Å². The van der Waals surface area contributed by atoms with Gasteiger partial charge in [-0.2, -0.15) is 5.26 Å². The second kappa shape index (κ2) is 4.93. The Morgan fingerprint density at radius 3 is 2.94 bits per heavy atom. The molecule has 86 valence electrons. The van der Waals surface area contributed by atoms with Crippen molar-refractivity contribution < 1.29 is 0 Å². The highest BCUT2D eigenvalue weighted by Gasteiger charge is 2.06. The lowest BCUT2D eigenvalue weighted by Crippen LogP contribution is -2.04. The van der Waals surface area contributed by atoms with Crippen molar-refractivity contribution in [3.8, 4) is 6.07 Å². The summed E-state index contributed by atoms with van der Waals surface area (Å²) in [6, 6.07) is 3.99. The highest BCUT2D eigenvalue weighted by atomic mass is 32.1. The van der Waals surface area contributed by atoms with Gasteiger partial charge in [-0.05, 0) is 25.5 Å². The Balaban J connectivity index is 2.14. The van der Waals surface area contributed by atoms with E-state index >= 15 is 0 Å². The number of rotatable bonds is 3. The fourth-order valence-corrected chi connectivity index (χ4v) is 2.11. The molecular weight excluding hydrogens is 232 g/mol. The molecule has 0 aromatic carbocycles. The van der Waals surface area contributed by atoms with E-state index in [0.717, 1.165) is 16.3 Å². The predicted octanol–water partition coefficient (Wildman–Crippen LogP) is 2.64. The van der Waals surface area contributed by atoms with Crippen LogP contribution in [0.3, 0.4) is 0 Å². The second-order valence-corrected chi connectivity index (χ2v) is 4.74. The molecule has 2 rings (SSSR count). The molecule has 2 aromatic heterocycles. The number of pyridine rings is 1. The Bertz CT molecular complexity index is 568. The lowest BCUT2D eigenvalue weighted by molar-refractivity contribution is 1.03. The SMILES string of the molecule is Cc1nc(CNc2nccc(C)c2C#N)cs1. The van der Waals surface area contributed by atoms with Crippen molar-refractivity contribution >= 4 is 17.2 Å². The van der Waals surface area contributed by atoms with E-state index in [1.165, 1.54) is 0 Å². The minimum atomic E-state index is 0.593. The van der Waals surface area contributed by atoms with Gasteiger partial charge < -0.3 is 5.32 Å². The Kier molecular flexibility index (Phi) is 3.35. The van der Waals surface area contributed by atoms with Gasteiger partial charge in [0.2, 0.25) is 0 Å². The van der Waals surface area contributed by atoms with E-state index in [1.54, 1.807) is 17.5 Å². The van der Waals surface area contributed by atoms with E-state index in [-0.39, 0.29) is 0 Å². The number of aryl methyl sites for hydroxylation is 2. The number of anilines is 1. The van der Waals surface area contributed by atoms with Crippen LogP contribution >= 0.6 is 11.3 Å². The van der Waals surface area contributed by atoms with Crippen LogP contribution in [-0.2, 0) is 6.54 Å². The molecule has 17 heavy (non-hydrogen) atoms. The Hall–Kier alpha value is -1.93. The molecule has 0 amide bonds. The maximum Gasteiger partial charge on any atom is 0.144 e. The largest absolute Gasteiger partial charge is 0.363 e. The summed E-state index contributed by atoms with van der Waals surface area (Å²) in [6.45, 7) is 4.47. The number of nitriles is 1. The topological polar surface area (TPSA) is 61.6 Å². The lowest BCUT2D eigenvalue weighted by Gasteiger charge is -2.06. The molecule has 0 spiro atoms. The second-order valence-electron chi connectivity index (χ2n) is 3.67. The fraction of sp³-hybridized carbons (Fsp3) is 0.250. The van der Waals surface area contributed by atoms with Gasteiger partial charge in [-0.3, -0.25) is 0 Å². The molecule has 0 aliphatic rings. The number of thiazole rings is 1. The summed E-state index contributed by atoms with van der Waals surface area (Å²) >= 11 is 1.62. The molecule has 0 unspecified atom stereocenters. The monoisotopic (exact) mass is 244 g/mol. The smallest absolute Gasteiger partial charge is 0.144 e. The third-order valence-electron chi connectivity index (χ3n) is 2.37. The van der Waals surface area contributed by atoms with Crippen LogP contribution in [0.4, 0.5) is 5.82 Å². The molecule has 2 heterocycles. The van der Waals surface area contributed by atoms with Crippen LogP contribution in [0.1, 0.15) is 21.8 Å². The van der Waals surface area contributed by atoms with Crippen LogP contribution in [-0.4, -0.2) is 9.97 Å². The summed E-state index contributed by atoms with van der Waals surface area (Å²) < 4.78 is 0. The molecule has 0 radical (unpaired) electrons. The van der Waals surface area contributed by atoms with Gasteiger partial charge in [-0.25, -0.2) is 9.97 Å². The molecule has 4 nitrogen and oxygen atoms in total. The van der Waals surface area contributed by atoms with Crippen LogP contribution in [0.25, 0.3) is 0 Å². The molecule has 2 aromatic rings. The van der Waals surface area contributed by atoms with E-state index < -0.39 is 0 Å². The number of nitrogens with one attached hydrogen (secondary N) is 1. The molecule has 0 aliphatic heterocycles. The van der Waals surface area contributed by atoms with Crippen LogP contribution in [0, 0.1) is 25.2 Å². The standard InChI is InChI=1S/C12H12N4S/c1-8-3-4-14-12(11(8)5-13)15-6-10-7-17-9(2)16-10/h3-4,7H,6H2,1-2H3,(H,14,15). The molecule has 0 saturated carbocycles.